The molecule has 0 saturated carbocycles. The molecule has 1 aliphatic rings. The summed E-state index contributed by atoms with van der Waals surface area (Å²) in [6.07, 6.45) is 0.912. The topological polar surface area (TPSA) is 192 Å². The van der Waals surface area contributed by atoms with Crippen LogP contribution in [0, 0.1) is 0 Å². The second-order valence-electron chi connectivity index (χ2n) is 9.79. The molecule has 0 radical (unpaired) electrons. The van der Waals surface area contributed by atoms with Gasteiger partial charge in [-0.1, -0.05) is 0 Å². The number of hydrogen-bond acceptors (Lipinski definition) is 9. The quantitative estimate of drug-likeness (QED) is 0.218. The number of hydrogen-bond donors (Lipinski definition) is 5. The summed E-state index contributed by atoms with van der Waals surface area (Å²) in [6.45, 7) is 8.02. The maximum Gasteiger partial charge on any atom is 0.411 e. The van der Waals surface area contributed by atoms with E-state index in [1.54, 1.807) is 34.6 Å². The fourth-order valence-electron chi connectivity index (χ4n) is 3.28. The minimum Gasteiger partial charge on any atom is -0.454 e. The molecular formula is C24H43N5O9. The van der Waals surface area contributed by atoms with Crippen molar-refractivity contribution in [1.29, 1.82) is 0 Å². The maximum atomic E-state index is 12.2. The number of aliphatic hydroxyl groups excluding tert-OH is 1. The number of rotatable bonds is 10. The van der Waals surface area contributed by atoms with Crippen molar-refractivity contribution in [3.63, 3.8) is 0 Å². The molecule has 14 nitrogen and oxygen atoms in total. The van der Waals surface area contributed by atoms with Crippen LogP contribution < -0.4 is 21.3 Å². The highest BCUT2D eigenvalue weighted by Crippen LogP contribution is 2.21. The molecule has 0 aliphatic carbocycles. The Labute approximate surface area is 223 Å². The summed E-state index contributed by atoms with van der Waals surface area (Å²) >= 11 is 0. The van der Waals surface area contributed by atoms with Gasteiger partial charge in [0, 0.05) is 45.6 Å². The predicted molar refractivity (Wildman–Crippen MR) is 137 cm³/mol. The largest absolute Gasteiger partial charge is 0.454 e. The Kier molecular flexibility index (Phi) is 15.6. The van der Waals surface area contributed by atoms with Gasteiger partial charge in [0.2, 0.25) is 17.7 Å². The number of aliphatic hydroxyl groups is 1. The smallest absolute Gasteiger partial charge is 0.411 e. The van der Waals surface area contributed by atoms with Gasteiger partial charge in [0.1, 0.15) is 18.2 Å². The van der Waals surface area contributed by atoms with Gasteiger partial charge in [0.15, 0.2) is 6.61 Å². The molecule has 1 rings (SSSR count). The molecule has 0 aromatic rings. The minimum atomic E-state index is -0.749. The fourth-order valence-corrected chi connectivity index (χ4v) is 3.28. The molecule has 1 saturated heterocycles. The molecule has 1 fully saturated rings. The van der Waals surface area contributed by atoms with E-state index in [4.69, 9.17) is 14.6 Å². The van der Waals surface area contributed by atoms with Crippen molar-refractivity contribution in [1.82, 2.24) is 26.2 Å². The van der Waals surface area contributed by atoms with Gasteiger partial charge in [-0.15, -0.1) is 0 Å². The van der Waals surface area contributed by atoms with Crippen LogP contribution in [0.2, 0.25) is 0 Å². The lowest BCUT2D eigenvalue weighted by Gasteiger charge is -2.27. The van der Waals surface area contributed by atoms with E-state index in [-0.39, 0.29) is 36.7 Å². The van der Waals surface area contributed by atoms with Crippen molar-refractivity contribution in [2.24, 2.45) is 0 Å². The van der Waals surface area contributed by atoms with E-state index in [1.807, 2.05) is 0 Å². The van der Waals surface area contributed by atoms with Crippen molar-refractivity contribution in [2.45, 2.75) is 84.0 Å². The van der Waals surface area contributed by atoms with Gasteiger partial charge in [-0.05, 0) is 47.5 Å². The summed E-state index contributed by atoms with van der Waals surface area (Å²) in [6, 6.07) is -1.38. The highest BCUT2D eigenvalue weighted by Gasteiger charge is 2.37. The standard InChI is InChI=1S/C17H29N3O6.C7H14N2O3/c1-11(9-13(21)18-5)19-14(22)10-25-15(23)12-7-6-8-20(12)16(24)26-17(2,3)4;1-5(3-6(11)8-2)9-7(12)4-10/h11-12H,6-10H2,1-5H3,(H,18,21)(H,19,22);5,10H,3-4H2,1-2H3,(H,8,11)(H,9,12)/t11-,12+;5-/m00/s1. The van der Waals surface area contributed by atoms with Crippen LogP contribution in [-0.4, -0.2) is 103 Å². The Morgan fingerprint density at radius 3 is 1.84 bits per heavy atom. The second kappa shape index (κ2) is 17.2. The van der Waals surface area contributed by atoms with E-state index >= 15 is 0 Å². The molecule has 0 aromatic heterocycles. The Morgan fingerprint density at radius 2 is 1.39 bits per heavy atom. The van der Waals surface area contributed by atoms with E-state index in [0.717, 1.165) is 0 Å². The van der Waals surface area contributed by atoms with E-state index < -0.39 is 48.7 Å². The van der Waals surface area contributed by atoms with Crippen LogP contribution in [0.5, 0.6) is 0 Å². The summed E-state index contributed by atoms with van der Waals surface area (Å²) in [5.74, 6) is -1.94. The number of esters is 1. The third-order valence-electron chi connectivity index (χ3n) is 5.00. The van der Waals surface area contributed by atoms with E-state index in [2.05, 4.69) is 21.3 Å². The first-order chi connectivity index (χ1) is 17.6. The lowest BCUT2D eigenvalue weighted by Crippen LogP contribution is -2.45. The summed E-state index contributed by atoms with van der Waals surface area (Å²) in [7, 11) is 3.04. The highest BCUT2D eigenvalue weighted by molar-refractivity contribution is 5.85. The average Bonchev–Trinajstić information content (AvgIpc) is 3.31. The molecule has 0 bridgehead atoms. The van der Waals surface area contributed by atoms with Crippen LogP contribution in [0.15, 0.2) is 0 Å². The van der Waals surface area contributed by atoms with Crippen LogP contribution in [0.1, 0.15) is 60.3 Å². The van der Waals surface area contributed by atoms with Crippen molar-refractivity contribution in [3.8, 4) is 0 Å². The van der Waals surface area contributed by atoms with Crippen LogP contribution in [-0.2, 0) is 33.4 Å². The zero-order valence-electron chi connectivity index (χ0n) is 23.3. The van der Waals surface area contributed by atoms with Crippen LogP contribution in [0.25, 0.3) is 0 Å². The zero-order chi connectivity index (χ0) is 29.5. The Hall–Kier alpha value is -3.42. The van der Waals surface area contributed by atoms with E-state index in [0.29, 0.717) is 19.4 Å². The van der Waals surface area contributed by atoms with Gasteiger partial charge in [-0.25, -0.2) is 9.59 Å². The molecule has 5 N–H and O–H groups in total. The summed E-state index contributed by atoms with van der Waals surface area (Å²) in [5.41, 5.74) is -0.658. The lowest BCUT2D eigenvalue weighted by atomic mass is 10.2. The molecule has 1 aliphatic heterocycles. The van der Waals surface area contributed by atoms with Gasteiger partial charge in [-0.2, -0.15) is 0 Å². The molecule has 1 heterocycles. The molecule has 38 heavy (non-hydrogen) atoms. The second-order valence-corrected chi connectivity index (χ2v) is 9.79. The third kappa shape index (κ3) is 15.0. The molecular weight excluding hydrogens is 502 g/mol. The number of likely N-dealkylation sites (tertiary alicyclic amines) is 1. The molecule has 0 unspecified atom stereocenters. The molecule has 0 aromatic carbocycles. The number of amides is 5. The van der Waals surface area contributed by atoms with Crippen molar-refractivity contribution < 1.29 is 43.3 Å². The van der Waals surface area contributed by atoms with Gasteiger partial charge in [0.05, 0.1) is 0 Å². The maximum absolute atomic E-state index is 12.2. The number of carbonyl (C=O) groups is 6. The average molecular weight is 546 g/mol. The van der Waals surface area contributed by atoms with Gasteiger partial charge < -0.3 is 35.8 Å². The van der Waals surface area contributed by atoms with Crippen molar-refractivity contribution >= 4 is 35.7 Å². The summed E-state index contributed by atoms with van der Waals surface area (Å²) in [4.78, 5) is 70.2. The minimum absolute atomic E-state index is 0.130. The SMILES string of the molecule is CNC(=O)C[C@H](C)NC(=O)CO.CNC(=O)C[C@H](C)NC(=O)COC(=O)[C@H]1CCCN1C(=O)OC(C)(C)C. The van der Waals surface area contributed by atoms with Crippen LogP contribution >= 0.6 is 0 Å². The van der Waals surface area contributed by atoms with Gasteiger partial charge >= 0.3 is 12.1 Å². The van der Waals surface area contributed by atoms with E-state index in [1.165, 1.54) is 19.0 Å². The zero-order valence-corrected chi connectivity index (χ0v) is 23.3. The molecule has 0 spiro atoms. The van der Waals surface area contributed by atoms with Gasteiger partial charge in [-0.3, -0.25) is 24.1 Å². The molecule has 218 valence electrons. The predicted octanol–water partition coefficient (Wildman–Crippen LogP) is -0.811. The molecule has 3 atom stereocenters. The van der Waals surface area contributed by atoms with Crippen LogP contribution in [0.4, 0.5) is 4.79 Å². The third-order valence-corrected chi connectivity index (χ3v) is 5.00. The monoisotopic (exact) mass is 545 g/mol. The first-order valence-corrected chi connectivity index (χ1v) is 12.4. The first-order valence-electron chi connectivity index (χ1n) is 12.4. The summed E-state index contributed by atoms with van der Waals surface area (Å²) in [5, 5.41) is 18.3. The van der Waals surface area contributed by atoms with Crippen molar-refractivity contribution in [2.75, 3.05) is 33.9 Å². The number of nitrogens with zero attached hydrogens (tertiary/aromatic N) is 1. The number of carbonyl (C=O) groups excluding carboxylic acids is 6. The summed E-state index contributed by atoms with van der Waals surface area (Å²) < 4.78 is 10.3. The fraction of sp³-hybridized carbons (Fsp3) is 0.750. The van der Waals surface area contributed by atoms with E-state index in [9.17, 15) is 28.8 Å². The van der Waals surface area contributed by atoms with Crippen LogP contribution in [0.3, 0.4) is 0 Å². The molecule has 14 heteroatoms. The molecule has 5 amide bonds. The Bertz CT molecular complexity index is 811. The Balaban J connectivity index is 0.000000958. The lowest BCUT2D eigenvalue weighted by molar-refractivity contribution is -0.153. The van der Waals surface area contributed by atoms with Crippen molar-refractivity contribution in [3.05, 3.63) is 0 Å². The normalized spacial score (nSPS) is 16.1. The number of nitrogens with one attached hydrogen (secondary N) is 4. The first kappa shape index (κ1) is 34.6. The Morgan fingerprint density at radius 1 is 0.895 bits per heavy atom. The van der Waals surface area contributed by atoms with Gasteiger partial charge in [0.25, 0.3) is 5.91 Å². The number of ether oxygens (including phenoxy) is 2. The highest BCUT2D eigenvalue weighted by atomic mass is 16.6.